The third-order valence-corrected chi connectivity index (χ3v) is 7.20. The fraction of sp³-hybridized carbons (Fsp3) is 0.600. The van der Waals surface area contributed by atoms with Crippen LogP contribution in [0.15, 0.2) is 23.1 Å². The summed E-state index contributed by atoms with van der Waals surface area (Å²) in [5.74, 6) is -3.65. The number of anilines is 1. The van der Waals surface area contributed by atoms with Gasteiger partial charge in [0.05, 0.1) is 12.8 Å². The van der Waals surface area contributed by atoms with Gasteiger partial charge in [0.15, 0.2) is 5.75 Å². The van der Waals surface area contributed by atoms with Crippen molar-refractivity contribution >= 4 is 27.5 Å². The van der Waals surface area contributed by atoms with Crippen molar-refractivity contribution < 1.29 is 31.5 Å². The van der Waals surface area contributed by atoms with Crippen molar-refractivity contribution in [1.29, 1.82) is 0 Å². The molecule has 2 heterocycles. The summed E-state index contributed by atoms with van der Waals surface area (Å²) in [5, 5.41) is 0. The van der Waals surface area contributed by atoms with Crippen molar-refractivity contribution in [2.75, 3.05) is 38.2 Å². The highest BCUT2D eigenvalue weighted by atomic mass is 32.2. The van der Waals surface area contributed by atoms with Gasteiger partial charge in [0.2, 0.25) is 21.8 Å². The number of hydrogen-bond acceptors (Lipinski definition) is 6. The minimum atomic E-state index is -4.29. The molecule has 32 heavy (non-hydrogen) atoms. The van der Waals surface area contributed by atoms with Crippen LogP contribution in [0.2, 0.25) is 0 Å². The van der Waals surface area contributed by atoms with Crippen LogP contribution < -0.4 is 20.1 Å². The summed E-state index contributed by atoms with van der Waals surface area (Å²) in [6.45, 7) is -0.271. The van der Waals surface area contributed by atoms with Gasteiger partial charge in [0.25, 0.3) is 5.92 Å². The number of halogens is 2. The Bertz CT molecular complexity index is 963. The van der Waals surface area contributed by atoms with E-state index in [0.29, 0.717) is 18.7 Å². The molecule has 2 fully saturated rings. The molecule has 1 atom stereocenters. The number of nitrogens with one attached hydrogen (secondary N) is 1. The second kappa shape index (κ2) is 9.67. The number of benzene rings is 1. The first-order valence-corrected chi connectivity index (χ1v) is 11.9. The molecule has 0 radical (unpaired) electrons. The number of nitrogens with two attached hydrogens (primary N) is 1. The van der Waals surface area contributed by atoms with Gasteiger partial charge >= 0.3 is 0 Å². The number of sulfonamides is 1. The normalized spacial score (nSPS) is 20.2. The molecule has 9 nitrogen and oxygen atoms in total. The molecule has 1 aromatic carbocycles. The molecule has 3 rings (SSSR count). The van der Waals surface area contributed by atoms with Crippen LogP contribution in [0, 0.1) is 0 Å². The lowest BCUT2D eigenvalue weighted by atomic mass is 10.1. The molecule has 2 aliphatic rings. The Kier molecular flexibility index (Phi) is 7.36. The first-order chi connectivity index (χ1) is 15.1. The Balaban J connectivity index is 1.84. The third kappa shape index (κ3) is 5.18. The predicted octanol–water partition coefficient (Wildman–Crippen LogP) is 1.08. The molecule has 3 N–H and O–H groups in total. The van der Waals surface area contributed by atoms with Crippen LogP contribution in [0.5, 0.6) is 5.75 Å². The summed E-state index contributed by atoms with van der Waals surface area (Å²) < 4.78 is 60.7. The molecule has 12 heteroatoms. The second-order valence-electron chi connectivity index (χ2n) is 7.90. The zero-order valence-corrected chi connectivity index (χ0v) is 18.7. The van der Waals surface area contributed by atoms with Gasteiger partial charge in [-0.25, -0.2) is 17.2 Å². The lowest BCUT2D eigenvalue weighted by molar-refractivity contribution is -0.138. The van der Waals surface area contributed by atoms with Crippen LogP contribution in [-0.4, -0.2) is 70.4 Å². The van der Waals surface area contributed by atoms with Crippen molar-refractivity contribution in [3.8, 4) is 5.75 Å². The average molecular weight is 475 g/mol. The van der Waals surface area contributed by atoms with E-state index in [1.165, 1.54) is 29.0 Å². The largest absolute Gasteiger partial charge is 0.493 e. The van der Waals surface area contributed by atoms with E-state index in [0.717, 1.165) is 12.8 Å². The molecule has 0 bridgehead atoms. The number of piperidine rings is 2. The van der Waals surface area contributed by atoms with Crippen LogP contribution in [0.4, 0.5) is 14.5 Å². The van der Waals surface area contributed by atoms with E-state index in [9.17, 15) is 26.8 Å². The molecule has 0 saturated carbocycles. The number of carbonyl (C=O) groups is 2. The van der Waals surface area contributed by atoms with Crippen LogP contribution in [0.1, 0.15) is 32.1 Å². The van der Waals surface area contributed by atoms with Gasteiger partial charge < -0.3 is 20.3 Å². The first-order valence-electron chi connectivity index (χ1n) is 10.5. The van der Waals surface area contributed by atoms with Crippen LogP contribution >= 0.6 is 0 Å². The van der Waals surface area contributed by atoms with E-state index >= 15 is 0 Å². The summed E-state index contributed by atoms with van der Waals surface area (Å²) in [6, 6.07) is 3.07. The minimum Gasteiger partial charge on any atom is -0.493 e. The van der Waals surface area contributed by atoms with Gasteiger partial charge in [0.1, 0.15) is 10.9 Å². The van der Waals surface area contributed by atoms with Crippen molar-refractivity contribution in [3.05, 3.63) is 18.2 Å². The van der Waals surface area contributed by atoms with Crippen LogP contribution in [0.3, 0.4) is 0 Å². The molecule has 2 amide bonds. The lowest BCUT2D eigenvalue weighted by Crippen LogP contribution is -2.54. The Labute approximate surface area is 185 Å². The van der Waals surface area contributed by atoms with Crippen molar-refractivity contribution in [2.45, 2.75) is 49.0 Å². The van der Waals surface area contributed by atoms with Crippen LogP contribution in [0.25, 0.3) is 0 Å². The first kappa shape index (κ1) is 24.3. The fourth-order valence-corrected chi connectivity index (χ4v) is 5.31. The standard InChI is InChI=1S/C20H28F2N4O5S/c1-31-18-15(26-10-3-2-7-17(26)27)5-4-6-16(18)32(29,30)24-14(13-23)19(28)25-11-8-20(21,22)9-12-25/h4-6,14,24H,2-3,7-13,23H2,1H3/t14-/m0/s1. The maximum absolute atomic E-state index is 13.4. The molecule has 2 aliphatic heterocycles. The fourth-order valence-electron chi connectivity index (χ4n) is 3.92. The van der Waals surface area contributed by atoms with E-state index in [1.807, 2.05) is 0 Å². The van der Waals surface area contributed by atoms with Crippen molar-refractivity contribution in [2.24, 2.45) is 5.73 Å². The number of methoxy groups -OCH3 is 1. The number of amides is 2. The molecule has 178 valence electrons. The summed E-state index contributed by atoms with van der Waals surface area (Å²) >= 11 is 0. The summed E-state index contributed by atoms with van der Waals surface area (Å²) in [7, 11) is -2.99. The van der Waals surface area contributed by atoms with Gasteiger partial charge in [-0.1, -0.05) is 6.07 Å². The van der Waals surface area contributed by atoms with E-state index in [2.05, 4.69) is 4.72 Å². The number of ether oxygens (including phenoxy) is 1. The number of likely N-dealkylation sites (tertiary alicyclic amines) is 1. The topological polar surface area (TPSA) is 122 Å². The summed E-state index contributed by atoms with van der Waals surface area (Å²) in [6.07, 6.45) is 0.935. The highest BCUT2D eigenvalue weighted by Crippen LogP contribution is 2.36. The zero-order chi connectivity index (χ0) is 23.5. The number of para-hydroxylation sites is 1. The summed E-state index contributed by atoms with van der Waals surface area (Å²) in [5.41, 5.74) is 5.98. The molecule has 1 aromatic rings. The second-order valence-corrected chi connectivity index (χ2v) is 9.58. The van der Waals surface area contributed by atoms with E-state index in [-0.39, 0.29) is 36.2 Å². The quantitative estimate of drug-likeness (QED) is 0.610. The molecule has 2 saturated heterocycles. The van der Waals surface area contributed by atoms with Crippen molar-refractivity contribution in [3.63, 3.8) is 0 Å². The number of nitrogens with zero attached hydrogens (tertiary/aromatic N) is 2. The van der Waals surface area contributed by atoms with Crippen LogP contribution in [-0.2, 0) is 19.6 Å². The summed E-state index contributed by atoms with van der Waals surface area (Å²) in [4.78, 5) is 27.5. The third-order valence-electron chi connectivity index (χ3n) is 5.70. The molecular formula is C20H28F2N4O5S. The highest BCUT2D eigenvalue weighted by Gasteiger charge is 2.38. The smallest absolute Gasteiger partial charge is 0.251 e. The van der Waals surface area contributed by atoms with Gasteiger partial charge in [-0.3, -0.25) is 9.59 Å². The monoisotopic (exact) mass is 474 g/mol. The number of carbonyl (C=O) groups excluding carboxylic acids is 2. The van der Waals surface area contributed by atoms with Gasteiger partial charge in [-0.2, -0.15) is 4.72 Å². The van der Waals surface area contributed by atoms with Crippen molar-refractivity contribution in [1.82, 2.24) is 9.62 Å². The number of rotatable bonds is 7. The molecule has 0 aromatic heterocycles. The minimum absolute atomic E-state index is 0.0175. The van der Waals surface area contributed by atoms with E-state index in [1.54, 1.807) is 6.07 Å². The van der Waals surface area contributed by atoms with E-state index in [4.69, 9.17) is 10.5 Å². The van der Waals surface area contributed by atoms with E-state index < -0.39 is 40.7 Å². The maximum atomic E-state index is 13.4. The van der Waals surface area contributed by atoms with Gasteiger partial charge in [0, 0.05) is 45.4 Å². The molecule has 0 aliphatic carbocycles. The maximum Gasteiger partial charge on any atom is 0.251 e. The molecule has 0 unspecified atom stereocenters. The van der Waals surface area contributed by atoms with Gasteiger partial charge in [-0.15, -0.1) is 0 Å². The Morgan fingerprint density at radius 3 is 2.53 bits per heavy atom. The predicted molar refractivity (Wildman–Crippen MR) is 113 cm³/mol. The highest BCUT2D eigenvalue weighted by molar-refractivity contribution is 7.89. The zero-order valence-electron chi connectivity index (χ0n) is 17.9. The Morgan fingerprint density at radius 2 is 1.94 bits per heavy atom. The Morgan fingerprint density at radius 1 is 1.25 bits per heavy atom. The van der Waals surface area contributed by atoms with Gasteiger partial charge in [-0.05, 0) is 25.0 Å². The molecule has 0 spiro atoms. The number of hydrogen-bond donors (Lipinski definition) is 2. The Hall–Kier alpha value is -2.31. The number of alkyl halides is 2. The average Bonchev–Trinajstić information content (AvgIpc) is 2.77. The molecular weight excluding hydrogens is 446 g/mol. The SMILES string of the molecule is COc1c(N2CCCCC2=O)cccc1S(=O)(=O)N[C@@H](CN)C(=O)N1CCC(F)(F)CC1. The lowest BCUT2D eigenvalue weighted by Gasteiger charge is -2.34.